The monoisotopic (exact) mass is 339 g/mol. The first-order valence-electron chi connectivity index (χ1n) is 6.18. The van der Waals surface area contributed by atoms with Gasteiger partial charge >= 0.3 is 0 Å². The third-order valence-electron chi connectivity index (χ3n) is 3.20. The Morgan fingerprint density at radius 1 is 1.37 bits per heavy atom. The van der Waals surface area contributed by atoms with Crippen molar-refractivity contribution in [1.82, 2.24) is 5.32 Å². The van der Waals surface area contributed by atoms with E-state index in [1.54, 1.807) is 18.4 Å². The van der Waals surface area contributed by atoms with E-state index in [0.717, 1.165) is 12.2 Å². The van der Waals surface area contributed by atoms with Crippen LogP contribution in [0.5, 0.6) is 5.75 Å². The van der Waals surface area contributed by atoms with Gasteiger partial charge in [0.25, 0.3) is 0 Å². The standard InChI is InChI=1S/C15H18BrNOS/c1-10-4-5-14(18-3)11(6-10)7-13(17-2)12-8-15(16)19-9-12/h4-6,8-9,13,17H,7H2,1-3H3. The minimum Gasteiger partial charge on any atom is -0.496 e. The quantitative estimate of drug-likeness (QED) is 0.875. The van der Waals surface area contributed by atoms with Crippen molar-refractivity contribution < 1.29 is 4.74 Å². The summed E-state index contributed by atoms with van der Waals surface area (Å²) in [6.07, 6.45) is 0.921. The van der Waals surface area contributed by atoms with Crippen LogP contribution >= 0.6 is 27.3 Å². The number of methoxy groups -OCH3 is 1. The molecular formula is C15H18BrNOS. The zero-order valence-corrected chi connectivity index (χ0v) is 13.8. The summed E-state index contributed by atoms with van der Waals surface area (Å²) in [4.78, 5) is 0. The Hall–Kier alpha value is -0.840. The lowest BCUT2D eigenvalue weighted by Crippen LogP contribution is -2.18. The molecular weight excluding hydrogens is 322 g/mol. The molecule has 0 fully saturated rings. The highest BCUT2D eigenvalue weighted by molar-refractivity contribution is 9.11. The van der Waals surface area contributed by atoms with Crippen molar-refractivity contribution in [2.24, 2.45) is 0 Å². The Morgan fingerprint density at radius 2 is 2.16 bits per heavy atom. The summed E-state index contributed by atoms with van der Waals surface area (Å²) in [5.74, 6) is 0.958. The second-order valence-electron chi connectivity index (χ2n) is 4.54. The molecule has 0 radical (unpaired) electrons. The fourth-order valence-electron chi connectivity index (χ4n) is 2.18. The van der Waals surface area contributed by atoms with Crippen molar-refractivity contribution in [3.63, 3.8) is 0 Å². The van der Waals surface area contributed by atoms with E-state index in [1.165, 1.54) is 20.5 Å². The first-order chi connectivity index (χ1) is 9.13. The maximum absolute atomic E-state index is 5.45. The summed E-state index contributed by atoms with van der Waals surface area (Å²) < 4.78 is 6.62. The highest BCUT2D eigenvalue weighted by atomic mass is 79.9. The normalized spacial score (nSPS) is 12.4. The molecule has 1 atom stereocenters. The molecule has 0 amide bonds. The fraction of sp³-hybridized carbons (Fsp3) is 0.333. The summed E-state index contributed by atoms with van der Waals surface area (Å²) in [5.41, 5.74) is 3.81. The van der Waals surface area contributed by atoms with Crippen LogP contribution in [0.25, 0.3) is 0 Å². The van der Waals surface area contributed by atoms with Crippen LogP contribution in [0, 0.1) is 6.92 Å². The van der Waals surface area contributed by atoms with Crippen molar-refractivity contribution in [2.75, 3.05) is 14.2 Å². The number of ether oxygens (including phenoxy) is 1. The van der Waals surface area contributed by atoms with Crippen LogP contribution in [-0.4, -0.2) is 14.2 Å². The molecule has 2 nitrogen and oxygen atoms in total. The van der Waals surface area contributed by atoms with E-state index in [1.807, 2.05) is 13.1 Å². The lowest BCUT2D eigenvalue weighted by molar-refractivity contribution is 0.406. The number of nitrogens with one attached hydrogen (secondary N) is 1. The molecule has 0 spiro atoms. The average Bonchev–Trinajstić information content (AvgIpc) is 2.82. The van der Waals surface area contributed by atoms with Gasteiger partial charge in [0.2, 0.25) is 0 Å². The maximum atomic E-state index is 5.45. The van der Waals surface area contributed by atoms with Crippen molar-refractivity contribution >= 4 is 27.3 Å². The lowest BCUT2D eigenvalue weighted by Gasteiger charge is -2.17. The zero-order chi connectivity index (χ0) is 13.8. The summed E-state index contributed by atoms with van der Waals surface area (Å²) in [6, 6.07) is 8.80. The Bertz CT molecular complexity index is 553. The van der Waals surface area contributed by atoms with Crippen LogP contribution < -0.4 is 10.1 Å². The topological polar surface area (TPSA) is 21.3 Å². The van der Waals surface area contributed by atoms with Gasteiger partial charge in [-0.15, -0.1) is 11.3 Å². The molecule has 0 bridgehead atoms. The second kappa shape index (κ2) is 6.55. The minimum absolute atomic E-state index is 0.304. The van der Waals surface area contributed by atoms with E-state index in [-0.39, 0.29) is 0 Å². The minimum atomic E-state index is 0.304. The molecule has 1 aromatic heterocycles. The number of hydrogen-bond donors (Lipinski definition) is 1. The van der Waals surface area contributed by atoms with Gasteiger partial charge in [0.15, 0.2) is 0 Å². The van der Waals surface area contributed by atoms with E-state index in [2.05, 4.69) is 51.7 Å². The number of aryl methyl sites for hydroxylation is 1. The van der Waals surface area contributed by atoms with E-state index < -0.39 is 0 Å². The average molecular weight is 340 g/mol. The molecule has 0 saturated carbocycles. The predicted octanol–water partition coefficient (Wildman–Crippen LogP) is 4.33. The van der Waals surface area contributed by atoms with Crippen LogP contribution in [0.4, 0.5) is 0 Å². The van der Waals surface area contributed by atoms with Gasteiger partial charge in [-0.1, -0.05) is 17.7 Å². The van der Waals surface area contributed by atoms with Gasteiger partial charge in [0, 0.05) is 6.04 Å². The van der Waals surface area contributed by atoms with Gasteiger partial charge < -0.3 is 10.1 Å². The van der Waals surface area contributed by atoms with Crippen LogP contribution in [0.3, 0.4) is 0 Å². The molecule has 2 rings (SSSR count). The van der Waals surface area contributed by atoms with Crippen molar-refractivity contribution in [3.05, 3.63) is 50.1 Å². The summed E-state index contributed by atoms with van der Waals surface area (Å²) in [5, 5.41) is 5.57. The fourth-order valence-corrected chi connectivity index (χ4v) is 3.41. The molecule has 0 saturated heterocycles. The third kappa shape index (κ3) is 3.59. The van der Waals surface area contributed by atoms with Crippen LogP contribution in [0.1, 0.15) is 22.7 Å². The first-order valence-corrected chi connectivity index (χ1v) is 7.86. The van der Waals surface area contributed by atoms with E-state index in [4.69, 9.17) is 4.74 Å². The third-order valence-corrected chi connectivity index (χ3v) is 4.72. The highest BCUT2D eigenvalue weighted by Crippen LogP contribution is 2.30. The SMILES string of the molecule is CNC(Cc1cc(C)ccc1OC)c1csc(Br)c1. The number of likely N-dealkylation sites (N-methyl/N-ethyl adjacent to an activating group) is 1. The molecule has 0 aliphatic carbocycles. The molecule has 4 heteroatoms. The number of halogens is 1. The molecule has 1 aromatic carbocycles. The van der Waals surface area contributed by atoms with Gasteiger partial charge in [-0.2, -0.15) is 0 Å². The largest absolute Gasteiger partial charge is 0.496 e. The van der Waals surface area contributed by atoms with Crippen LogP contribution in [-0.2, 0) is 6.42 Å². The number of hydrogen-bond acceptors (Lipinski definition) is 3. The molecule has 2 aromatic rings. The highest BCUT2D eigenvalue weighted by Gasteiger charge is 2.14. The van der Waals surface area contributed by atoms with Crippen molar-refractivity contribution in [2.45, 2.75) is 19.4 Å². The second-order valence-corrected chi connectivity index (χ2v) is 6.84. The van der Waals surface area contributed by atoms with Gasteiger partial charge in [0.1, 0.15) is 5.75 Å². The molecule has 1 unspecified atom stereocenters. The zero-order valence-electron chi connectivity index (χ0n) is 11.4. The van der Waals surface area contributed by atoms with E-state index in [9.17, 15) is 0 Å². The Balaban J connectivity index is 2.25. The van der Waals surface area contributed by atoms with E-state index >= 15 is 0 Å². The van der Waals surface area contributed by atoms with Gasteiger partial charge in [-0.3, -0.25) is 0 Å². The number of rotatable bonds is 5. The van der Waals surface area contributed by atoms with E-state index in [0.29, 0.717) is 6.04 Å². The smallest absolute Gasteiger partial charge is 0.122 e. The summed E-state index contributed by atoms with van der Waals surface area (Å²) in [7, 11) is 3.72. The Morgan fingerprint density at radius 3 is 2.74 bits per heavy atom. The van der Waals surface area contributed by atoms with Gasteiger partial charge in [-0.25, -0.2) is 0 Å². The Labute approximate surface area is 126 Å². The number of thiophene rings is 1. The maximum Gasteiger partial charge on any atom is 0.122 e. The van der Waals surface area contributed by atoms with Crippen LogP contribution in [0.15, 0.2) is 33.4 Å². The van der Waals surface area contributed by atoms with Crippen LogP contribution in [0.2, 0.25) is 0 Å². The summed E-state index contributed by atoms with van der Waals surface area (Å²) >= 11 is 5.24. The molecule has 0 aliphatic heterocycles. The van der Waals surface area contributed by atoms with Gasteiger partial charge in [0.05, 0.1) is 10.9 Å². The molecule has 0 aliphatic rings. The van der Waals surface area contributed by atoms with Crippen molar-refractivity contribution in [1.29, 1.82) is 0 Å². The Kier molecular flexibility index (Phi) is 5.02. The predicted molar refractivity (Wildman–Crippen MR) is 85.3 cm³/mol. The molecule has 1 N–H and O–H groups in total. The first kappa shape index (κ1) is 14.6. The molecule has 1 heterocycles. The summed E-state index contributed by atoms with van der Waals surface area (Å²) in [6.45, 7) is 2.11. The molecule has 19 heavy (non-hydrogen) atoms. The van der Waals surface area contributed by atoms with Crippen molar-refractivity contribution in [3.8, 4) is 5.75 Å². The number of benzene rings is 1. The lowest BCUT2D eigenvalue weighted by atomic mass is 9.99. The molecule has 102 valence electrons. The van der Waals surface area contributed by atoms with Gasteiger partial charge in [-0.05, 0) is 65.0 Å².